The van der Waals surface area contributed by atoms with E-state index in [1.807, 2.05) is 0 Å². The van der Waals surface area contributed by atoms with Gasteiger partial charge in [0.15, 0.2) is 0 Å². The Bertz CT molecular complexity index is 821. The number of hydrogen-bond donors (Lipinski definition) is 1. The predicted molar refractivity (Wildman–Crippen MR) is 78.3 cm³/mol. The van der Waals surface area contributed by atoms with Gasteiger partial charge in [0.25, 0.3) is 5.69 Å². The first-order chi connectivity index (χ1) is 10.3. The fraction of sp³-hybridized carbons (Fsp3) is 0.143. The molecular weight excluding hydrogens is 311 g/mol. The number of nitro groups is 1. The van der Waals surface area contributed by atoms with Crippen LogP contribution in [-0.2, 0) is 16.6 Å². The minimum absolute atomic E-state index is 0.109. The summed E-state index contributed by atoms with van der Waals surface area (Å²) in [7, 11) is -3.93. The van der Waals surface area contributed by atoms with Crippen LogP contribution in [0.25, 0.3) is 0 Å². The van der Waals surface area contributed by atoms with Crippen molar-refractivity contribution in [3.05, 3.63) is 69.5 Å². The van der Waals surface area contributed by atoms with Crippen LogP contribution in [0.3, 0.4) is 0 Å². The van der Waals surface area contributed by atoms with Crippen molar-refractivity contribution in [1.29, 1.82) is 0 Å². The topological polar surface area (TPSA) is 89.3 Å². The van der Waals surface area contributed by atoms with Gasteiger partial charge in [-0.25, -0.2) is 17.5 Å². The normalized spacial score (nSPS) is 11.4. The lowest BCUT2D eigenvalue weighted by Gasteiger charge is -2.09. The van der Waals surface area contributed by atoms with Gasteiger partial charge in [0.05, 0.1) is 9.82 Å². The molecule has 0 saturated carbocycles. The molecule has 2 aromatic carbocycles. The molecule has 6 nitrogen and oxygen atoms in total. The molecule has 0 unspecified atom stereocenters. The number of halogens is 1. The molecule has 0 aliphatic heterocycles. The van der Waals surface area contributed by atoms with Gasteiger partial charge in [-0.1, -0.05) is 18.2 Å². The molecule has 0 aliphatic rings. The van der Waals surface area contributed by atoms with E-state index in [1.54, 1.807) is 13.0 Å². The van der Waals surface area contributed by atoms with Gasteiger partial charge >= 0.3 is 0 Å². The zero-order valence-corrected chi connectivity index (χ0v) is 12.4. The highest BCUT2D eigenvalue weighted by Gasteiger charge is 2.20. The van der Waals surface area contributed by atoms with Crippen LogP contribution in [0, 0.1) is 22.9 Å². The smallest absolute Gasteiger partial charge is 0.258 e. The molecule has 0 bridgehead atoms. The van der Waals surface area contributed by atoms with Crippen molar-refractivity contribution in [3.63, 3.8) is 0 Å². The largest absolute Gasteiger partial charge is 0.270 e. The van der Waals surface area contributed by atoms with Gasteiger partial charge < -0.3 is 0 Å². The van der Waals surface area contributed by atoms with Crippen molar-refractivity contribution >= 4 is 15.7 Å². The lowest BCUT2D eigenvalue weighted by Crippen LogP contribution is -2.24. The molecule has 0 radical (unpaired) electrons. The number of aryl methyl sites for hydroxylation is 1. The SMILES string of the molecule is Cc1ccc([N+](=O)[O-])cc1S(=O)(=O)NCc1cccc(F)c1. The molecule has 0 spiro atoms. The lowest BCUT2D eigenvalue weighted by atomic mass is 10.2. The van der Waals surface area contributed by atoms with Crippen molar-refractivity contribution in [2.75, 3.05) is 0 Å². The van der Waals surface area contributed by atoms with Crippen LogP contribution in [-0.4, -0.2) is 13.3 Å². The minimum Gasteiger partial charge on any atom is -0.258 e. The first-order valence-corrected chi connectivity index (χ1v) is 7.77. The fourth-order valence-corrected chi connectivity index (χ4v) is 3.17. The van der Waals surface area contributed by atoms with Crippen LogP contribution in [0.2, 0.25) is 0 Å². The Morgan fingerprint density at radius 2 is 1.95 bits per heavy atom. The monoisotopic (exact) mass is 324 g/mol. The quantitative estimate of drug-likeness (QED) is 0.676. The van der Waals surface area contributed by atoms with Crippen LogP contribution >= 0.6 is 0 Å². The summed E-state index contributed by atoms with van der Waals surface area (Å²) < 4.78 is 39.9. The second-order valence-corrected chi connectivity index (χ2v) is 6.40. The Hall–Kier alpha value is -2.32. The molecule has 0 atom stereocenters. The molecule has 116 valence electrons. The van der Waals surface area contributed by atoms with E-state index < -0.39 is 20.8 Å². The van der Waals surface area contributed by atoms with Crippen molar-refractivity contribution < 1.29 is 17.7 Å². The summed E-state index contributed by atoms with van der Waals surface area (Å²) in [4.78, 5) is 9.93. The summed E-state index contributed by atoms with van der Waals surface area (Å²) in [6.45, 7) is 1.43. The Kier molecular flexibility index (Phi) is 4.53. The molecule has 0 aromatic heterocycles. The molecule has 0 aliphatic carbocycles. The average Bonchev–Trinajstić information content (AvgIpc) is 2.45. The van der Waals surface area contributed by atoms with Crippen molar-refractivity contribution in [3.8, 4) is 0 Å². The molecule has 2 rings (SSSR count). The number of rotatable bonds is 5. The summed E-state index contributed by atoms with van der Waals surface area (Å²) >= 11 is 0. The molecule has 0 saturated heterocycles. The molecule has 1 N–H and O–H groups in total. The van der Waals surface area contributed by atoms with Gasteiger partial charge in [0.2, 0.25) is 10.0 Å². The number of sulfonamides is 1. The highest BCUT2D eigenvalue weighted by atomic mass is 32.2. The number of nitrogens with one attached hydrogen (secondary N) is 1. The van der Waals surface area contributed by atoms with Gasteiger partial charge in [-0.15, -0.1) is 0 Å². The maximum Gasteiger partial charge on any atom is 0.270 e. The van der Waals surface area contributed by atoms with Crippen LogP contribution in [0.5, 0.6) is 0 Å². The average molecular weight is 324 g/mol. The van der Waals surface area contributed by atoms with Gasteiger partial charge in [-0.3, -0.25) is 10.1 Å². The summed E-state index contributed by atoms with van der Waals surface area (Å²) in [5, 5.41) is 10.8. The number of benzene rings is 2. The van der Waals surface area contributed by atoms with E-state index in [9.17, 15) is 22.9 Å². The zero-order valence-electron chi connectivity index (χ0n) is 11.6. The third-order valence-corrected chi connectivity index (χ3v) is 4.57. The first kappa shape index (κ1) is 16.1. The maximum atomic E-state index is 13.1. The summed E-state index contributed by atoms with van der Waals surface area (Å²) in [6.07, 6.45) is 0. The van der Waals surface area contributed by atoms with E-state index >= 15 is 0 Å². The van der Waals surface area contributed by atoms with E-state index in [0.29, 0.717) is 11.1 Å². The third kappa shape index (κ3) is 3.66. The predicted octanol–water partition coefficient (Wildman–Crippen LogP) is 2.52. The van der Waals surface area contributed by atoms with Gasteiger partial charge in [0, 0.05) is 18.7 Å². The number of nitrogens with zero attached hydrogens (tertiary/aromatic N) is 1. The van der Waals surface area contributed by atoms with Gasteiger partial charge in [-0.05, 0) is 30.2 Å². The highest BCUT2D eigenvalue weighted by molar-refractivity contribution is 7.89. The maximum absolute atomic E-state index is 13.1. The van der Waals surface area contributed by atoms with Crippen LogP contribution < -0.4 is 4.72 Å². The van der Waals surface area contributed by atoms with E-state index in [0.717, 1.165) is 6.07 Å². The minimum atomic E-state index is -3.93. The number of non-ortho nitro benzene ring substituents is 1. The molecular formula is C14H13FN2O4S. The standard InChI is InChI=1S/C14H13FN2O4S/c1-10-5-6-13(17(18)19)8-14(10)22(20,21)16-9-11-3-2-4-12(15)7-11/h2-8,16H,9H2,1H3. The summed E-state index contributed by atoms with van der Waals surface area (Å²) in [5.41, 5.74) is 0.528. The van der Waals surface area contributed by atoms with Crippen LogP contribution in [0.1, 0.15) is 11.1 Å². The fourth-order valence-electron chi connectivity index (χ4n) is 1.89. The Balaban J connectivity index is 2.27. The van der Waals surface area contributed by atoms with E-state index in [1.165, 1.54) is 30.3 Å². The van der Waals surface area contributed by atoms with E-state index in [-0.39, 0.29) is 17.1 Å². The second-order valence-electron chi connectivity index (χ2n) is 4.66. The van der Waals surface area contributed by atoms with Crippen molar-refractivity contribution in [2.45, 2.75) is 18.4 Å². The molecule has 8 heteroatoms. The van der Waals surface area contributed by atoms with Crippen LogP contribution in [0.4, 0.5) is 10.1 Å². The molecule has 0 amide bonds. The summed E-state index contributed by atoms with van der Waals surface area (Å²) in [6, 6.07) is 9.12. The molecule has 0 fully saturated rings. The first-order valence-electron chi connectivity index (χ1n) is 6.29. The Labute approximate surface area is 126 Å². The van der Waals surface area contributed by atoms with Crippen molar-refractivity contribution in [1.82, 2.24) is 4.72 Å². The molecule has 0 heterocycles. The van der Waals surface area contributed by atoms with E-state index in [4.69, 9.17) is 0 Å². The Morgan fingerprint density at radius 3 is 2.59 bits per heavy atom. The lowest BCUT2D eigenvalue weighted by molar-refractivity contribution is -0.385. The molecule has 2 aromatic rings. The van der Waals surface area contributed by atoms with E-state index in [2.05, 4.69) is 4.72 Å². The molecule has 22 heavy (non-hydrogen) atoms. The zero-order chi connectivity index (χ0) is 16.3. The number of nitro benzene ring substituents is 1. The number of hydrogen-bond acceptors (Lipinski definition) is 4. The van der Waals surface area contributed by atoms with Gasteiger partial charge in [0.1, 0.15) is 5.82 Å². The third-order valence-electron chi connectivity index (χ3n) is 3.03. The second kappa shape index (κ2) is 6.20. The highest BCUT2D eigenvalue weighted by Crippen LogP contribution is 2.21. The summed E-state index contributed by atoms with van der Waals surface area (Å²) in [5.74, 6) is -0.469. The van der Waals surface area contributed by atoms with Crippen LogP contribution in [0.15, 0.2) is 47.4 Å². The van der Waals surface area contributed by atoms with Gasteiger partial charge in [-0.2, -0.15) is 0 Å². The Morgan fingerprint density at radius 1 is 1.23 bits per heavy atom. The van der Waals surface area contributed by atoms with Crippen molar-refractivity contribution in [2.24, 2.45) is 0 Å².